The van der Waals surface area contributed by atoms with Gasteiger partial charge in [-0.2, -0.15) is 0 Å². The van der Waals surface area contributed by atoms with Crippen molar-refractivity contribution in [3.63, 3.8) is 0 Å². The van der Waals surface area contributed by atoms with Gasteiger partial charge >= 0.3 is 11.9 Å². The highest BCUT2D eigenvalue weighted by molar-refractivity contribution is 6.03. The second-order valence-electron chi connectivity index (χ2n) is 6.17. The molecule has 0 atom stereocenters. The predicted molar refractivity (Wildman–Crippen MR) is 97.2 cm³/mol. The minimum Gasteiger partial charge on any atom is -0.465 e. The number of para-hydroxylation sites is 1. The van der Waals surface area contributed by atoms with Gasteiger partial charge in [-0.3, -0.25) is 4.79 Å². The summed E-state index contributed by atoms with van der Waals surface area (Å²) in [5.74, 6) is -1.63. The van der Waals surface area contributed by atoms with Crippen LogP contribution in [0.2, 0.25) is 0 Å². The van der Waals surface area contributed by atoms with Crippen LogP contribution in [0.5, 0.6) is 0 Å². The number of carbonyl (C=O) groups excluding carboxylic acids is 3. The van der Waals surface area contributed by atoms with Gasteiger partial charge in [0.1, 0.15) is 5.58 Å². The maximum absolute atomic E-state index is 12.4. The van der Waals surface area contributed by atoms with E-state index >= 15 is 0 Å². The van der Waals surface area contributed by atoms with Gasteiger partial charge in [0.05, 0.1) is 18.4 Å². The van der Waals surface area contributed by atoms with Gasteiger partial charge < -0.3 is 18.9 Å². The molecule has 3 rings (SSSR count). The van der Waals surface area contributed by atoms with E-state index in [1.807, 2.05) is 12.1 Å². The van der Waals surface area contributed by atoms with E-state index in [4.69, 9.17) is 13.9 Å². The summed E-state index contributed by atoms with van der Waals surface area (Å²) in [5.41, 5.74) is 2.72. The molecule has 0 radical (unpaired) electrons. The summed E-state index contributed by atoms with van der Waals surface area (Å²) in [6.45, 7) is 4.58. The largest absolute Gasteiger partial charge is 0.465 e. The van der Waals surface area contributed by atoms with Crippen molar-refractivity contribution in [1.82, 2.24) is 4.98 Å². The molecular formula is C20H19NO6. The van der Waals surface area contributed by atoms with E-state index in [1.165, 1.54) is 7.11 Å². The molecule has 0 spiro atoms. The molecule has 0 bridgehead atoms. The lowest BCUT2D eigenvalue weighted by molar-refractivity contribution is 0.0443. The lowest BCUT2D eigenvalue weighted by Gasteiger charge is -2.03. The topological polar surface area (TPSA) is 98.6 Å². The minimum absolute atomic E-state index is 0.0682. The van der Waals surface area contributed by atoms with E-state index in [0.717, 1.165) is 5.39 Å². The van der Waals surface area contributed by atoms with Crippen LogP contribution in [0.1, 0.15) is 48.2 Å². The summed E-state index contributed by atoms with van der Waals surface area (Å²) in [6, 6.07) is 7.25. The average Bonchev–Trinajstić information content (AvgIpc) is 3.16. The number of methoxy groups -OCH3 is 1. The van der Waals surface area contributed by atoms with Gasteiger partial charge in [0.15, 0.2) is 6.61 Å². The Morgan fingerprint density at radius 3 is 2.41 bits per heavy atom. The number of aromatic nitrogens is 1. The quantitative estimate of drug-likeness (QED) is 0.546. The molecule has 2 heterocycles. The van der Waals surface area contributed by atoms with Crippen molar-refractivity contribution in [3.05, 3.63) is 58.1 Å². The zero-order valence-corrected chi connectivity index (χ0v) is 15.5. The van der Waals surface area contributed by atoms with E-state index in [2.05, 4.69) is 4.98 Å². The molecule has 0 saturated carbocycles. The van der Waals surface area contributed by atoms with E-state index in [1.54, 1.807) is 32.9 Å². The van der Waals surface area contributed by atoms with Crippen molar-refractivity contribution in [3.8, 4) is 0 Å². The molecule has 1 aromatic carbocycles. The molecule has 0 aliphatic heterocycles. The number of nitrogens with one attached hydrogen (secondary N) is 1. The Morgan fingerprint density at radius 2 is 1.74 bits per heavy atom. The highest BCUT2D eigenvalue weighted by Gasteiger charge is 2.24. The number of aryl methyl sites for hydroxylation is 2. The maximum atomic E-state index is 12.4. The number of rotatable bonds is 5. The fourth-order valence-corrected chi connectivity index (χ4v) is 3.07. The molecule has 1 N–H and O–H groups in total. The van der Waals surface area contributed by atoms with Crippen LogP contribution in [0, 0.1) is 20.8 Å². The smallest absolute Gasteiger partial charge is 0.375 e. The number of furan rings is 1. The van der Waals surface area contributed by atoms with Crippen LogP contribution in [0.4, 0.5) is 0 Å². The van der Waals surface area contributed by atoms with E-state index in [-0.39, 0.29) is 11.5 Å². The first-order valence-electron chi connectivity index (χ1n) is 8.31. The van der Waals surface area contributed by atoms with E-state index in [9.17, 15) is 14.4 Å². The second-order valence-corrected chi connectivity index (χ2v) is 6.17. The number of ketones is 1. The minimum atomic E-state index is -0.717. The Labute approximate surface area is 155 Å². The number of hydrogen-bond acceptors (Lipinski definition) is 6. The summed E-state index contributed by atoms with van der Waals surface area (Å²) in [7, 11) is 1.27. The fourth-order valence-electron chi connectivity index (χ4n) is 3.07. The zero-order chi connectivity index (χ0) is 19.7. The lowest BCUT2D eigenvalue weighted by atomic mass is 10.1. The van der Waals surface area contributed by atoms with Crippen LogP contribution < -0.4 is 0 Å². The van der Waals surface area contributed by atoms with Gasteiger partial charge in [-0.1, -0.05) is 18.2 Å². The molecule has 0 amide bonds. The van der Waals surface area contributed by atoms with E-state index in [0.29, 0.717) is 28.0 Å². The number of fused-ring (bicyclic) bond motifs is 1. The Balaban J connectivity index is 1.76. The Hall–Kier alpha value is -3.35. The Kier molecular flexibility index (Phi) is 4.85. The van der Waals surface area contributed by atoms with Crippen LogP contribution in [0.3, 0.4) is 0 Å². The van der Waals surface area contributed by atoms with Gasteiger partial charge in [-0.15, -0.1) is 0 Å². The van der Waals surface area contributed by atoms with Crippen molar-refractivity contribution in [2.45, 2.75) is 20.8 Å². The van der Waals surface area contributed by atoms with Crippen molar-refractivity contribution in [2.24, 2.45) is 0 Å². The van der Waals surface area contributed by atoms with Gasteiger partial charge in [-0.05, 0) is 32.4 Å². The monoisotopic (exact) mass is 369 g/mol. The third-order valence-corrected chi connectivity index (χ3v) is 4.47. The van der Waals surface area contributed by atoms with Crippen molar-refractivity contribution >= 4 is 28.7 Å². The zero-order valence-electron chi connectivity index (χ0n) is 15.5. The van der Waals surface area contributed by atoms with Crippen LogP contribution in [-0.2, 0) is 9.47 Å². The number of H-pyrrole nitrogens is 1. The fraction of sp³-hybridized carbons (Fsp3) is 0.250. The summed E-state index contributed by atoms with van der Waals surface area (Å²) in [5, 5.41) is 0.814. The Morgan fingerprint density at radius 1 is 1.04 bits per heavy atom. The highest BCUT2D eigenvalue weighted by atomic mass is 16.5. The van der Waals surface area contributed by atoms with Crippen LogP contribution in [-0.4, -0.2) is 36.4 Å². The first-order valence-corrected chi connectivity index (χ1v) is 8.31. The van der Waals surface area contributed by atoms with Gasteiger partial charge in [0, 0.05) is 16.6 Å². The molecule has 7 heteroatoms. The molecule has 0 unspecified atom stereocenters. The van der Waals surface area contributed by atoms with Crippen molar-refractivity contribution in [1.29, 1.82) is 0 Å². The third kappa shape index (κ3) is 3.23. The van der Waals surface area contributed by atoms with E-state index < -0.39 is 24.3 Å². The number of carbonyl (C=O) groups is 3. The number of hydrogen-bond donors (Lipinski definition) is 1. The van der Waals surface area contributed by atoms with Crippen LogP contribution in [0.25, 0.3) is 11.0 Å². The number of ether oxygens (including phenoxy) is 2. The first-order chi connectivity index (χ1) is 12.8. The van der Waals surface area contributed by atoms with Gasteiger partial charge in [0.25, 0.3) is 0 Å². The summed E-state index contributed by atoms with van der Waals surface area (Å²) in [6.07, 6.45) is 0. The first kappa shape index (κ1) is 18.4. The molecule has 27 heavy (non-hydrogen) atoms. The number of esters is 2. The second kappa shape index (κ2) is 7.11. The molecule has 7 nitrogen and oxygen atoms in total. The normalized spacial score (nSPS) is 10.8. The number of aromatic amines is 1. The molecule has 2 aromatic heterocycles. The highest BCUT2D eigenvalue weighted by Crippen LogP contribution is 2.25. The molecule has 0 aliphatic rings. The SMILES string of the molecule is COC(=O)c1c(C)[nH]c(C(=O)COC(=O)c2oc3ccccc3c2C)c1C. The van der Waals surface area contributed by atoms with Crippen molar-refractivity contribution < 1.29 is 28.3 Å². The van der Waals surface area contributed by atoms with Gasteiger partial charge in [-0.25, -0.2) is 9.59 Å². The average molecular weight is 369 g/mol. The standard InChI is InChI=1S/C20H19NO6/c1-10-13-7-5-6-8-15(13)27-18(10)20(24)26-9-14(22)17-11(2)16(12(3)21-17)19(23)25-4/h5-8,21H,9H2,1-4H3. The number of Topliss-reactive ketones (excluding diaryl/α,β-unsaturated/α-hetero) is 1. The van der Waals surface area contributed by atoms with Crippen molar-refractivity contribution in [2.75, 3.05) is 13.7 Å². The molecule has 0 fully saturated rings. The summed E-state index contributed by atoms with van der Waals surface area (Å²) >= 11 is 0. The molecule has 0 saturated heterocycles. The number of benzene rings is 1. The van der Waals surface area contributed by atoms with Crippen LogP contribution in [0.15, 0.2) is 28.7 Å². The molecule has 3 aromatic rings. The predicted octanol–water partition coefficient (Wildman–Crippen LogP) is 3.51. The molecule has 140 valence electrons. The Bertz CT molecular complexity index is 1060. The summed E-state index contributed by atoms with van der Waals surface area (Å²) in [4.78, 5) is 39.4. The van der Waals surface area contributed by atoms with Crippen LogP contribution >= 0.6 is 0 Å². The van der Waals surface area contributed by atoms with Gasteiger partial charge in [0.2, 0.25) is 11.5 Å². The lowest BCUT2D eigenvalue weighted by Crippen LogP contribution is -2.15. The summed E-state index contributed by atoms with van der Waals surface area (Å²) < 4.78 is 15.4. The molecular weight excluding hydrogens is 350 g/mol. The third-order valence-electron chi connectivity index (χ3n) is 4.47. The maximum Gasteiger partial charge on any atom is 0.375 e. The molecule has 0 aliphatic carbocycles.